The number of rotatable bonds is 5. The van der Waals surface area contributed by atoms with Gasteiger partial charge in [-0.1, -0.05) is 50.5 Å². The topological polar surface area (TPSA) is 46.5 Å². The first kappa shape index (κ1) is 23.9. The van der Waals surface area contributed by atoms with Crippen molar-refractivity contribution < 1.29 is 14.6 Å². The molecule has 0 aromatic rings. The van der Waals surface area contributed by atoms with Gasteiger partial charge in [0, 0.05) is 12.8 Å². The van der Waals surface area contributed by atoms with Crippen molar-refractivity contribution in [3.8, 4) is 0 Å². The summed E-state index contributed by atoms with van der Waals surface area (Å²) in [5, 5.41) is 8.55. The van der Waals surface area contributed by atoms with Gasteiger partial charge in [0.15, 0.2) is 0 Å². The summed E-state index contributed by atoms with van der Waals surface area (Å²) in [7, 11) is 0. The third kappa shape index (κ3) is 12.0. The van der Waals surface area contributed by atoms with Crippen LogP contribution < -0.4 is 0 Å². The molecule has 0 bridgehead atoms. The van der Waals surface area contributed by atoms with E-state index in [0.29, 0.717) is 5.92 Å². The molecule has 146 valence electrons. The molecule has 1 rings (SSSR count). The normalized spacial score (nSPS) is 21.0. The Morgan fingerprint density at radius 2 is 1.68 bits per heavy atom. The van der Waals surface area contributed by atoms with Crippen molar-refractivity contribution in [2.45, 2.75) is 93.1 Å². The Morgan fingerprint density at radius 1 is 1.08 bits per heavy atom. The molecule has 1 N–H and O–H groups in total. The van der Waals surface area contributed by atoms with Crippen LogP contribution >= 0.6 is 0 Å². The number of ether oxygens (including phenoxy) is 1. The third-order valence-electron chi connectivity index (χ3n) is 4.66. The lowest BCUT2D eigenvalue weighted by atomic mass is 9.71. The zero-order valence-corrected chi connectivity index (χ0v) is 17.5. The number of carbonyl (C=O) groups excluding carboxylic acids is 1. The summed E-state index contributed by atoms with van der Waals surface area (Å²) in [4.78, 5) is 11.0. The highest BCUT2D eigenvalue weighted by atomic mass is 16.5. The van der Waals surface area contributed by atoms with Crippen molar-refractivity contribution in [2.75, 3.05) is 6.61 Å². The van der Waals surface area contributed by atoms with Crippen molar-refractivity contribution in [3.63, 3.8) is 0 Å². The number of aliphatic hydroxyl groups excluding tert-OH is 1. The summed E-state index contributed by atoms with van der Waals surface area (Å²) in [6.45, 7) is 14.6. The van der Waals surface area contributed by atoms with E-state index < -0.39 is 0 Å². The van der Waals surface area contributed by atoms with Gasteiger partial charge in [-0.2, -0.15) is 0 Å². The van der Waals surface area contributed by atoms with Crippen LogP contribution in [0.15, 0.2) is 23.3 Å². The lowest BCUT2D eigenvalue weighted by molar-refractivity contribution is -0.153. The average Bonchev–Trinajstić information content (AvgIpc) is 2.46. The molecule has 1 aliphatic carbocycles. The van der Waals surface area contributed by atoms with Crippen molar-refractivity contribution >= 4 is 5.97 Å². The van der Waals surface area contributed by atoms with Crippen LogP contribution in [0.5, 0.6) is 0 Å². The van der Waals surface area contributed by atoms with E-state index in [1.165, 1.54) is 37.3 Å². The number of esters is 1. The average molecular weight is 353 g/mol. The van der Waals surface area contributed by atoms with Crippen LogP contribution in [0.25, 0.3) is 0 Å². The van der Waals surface area contributed by atoms with Gasteiger partial charge in [0.05, 0.1) is 6.61 Å². The fourth-order valence-electron chi connectivity index (χ4n) is 3.29. The standard InChI is InChI=1S/C12H22O2.C10H18O/c1-9(13)14-11-8-6-5-7-10(11)12(2,3)4;1-9(2)5-4-6-10(3)7-8-11/h10-11H,5-8H2,1-4H3;5,7,11H,4,6,8H2,1-3H3/b;10-7+. The van der Waals surface area contributed by atoms with Gasteiger partial charge < -0.3 is 9.84 Å². The van der Waals surface area contributed by atoms with E-state index in [1.807, 2.05) is 6.08 Å². The molecular formula is C22H40O3. The van der Waals surface area contributed by atoms with Gasteiger partial charge in [-0.15, -0.1) is 0 Å². The maximum atomic E-state index is 11.0. The zero-order valence-electron chi connectivity index (χ0n) is 17.5. The van der Waals surface area contributed by atoms with Crippen LogP contribution in [0.4, 0.5) is 0 Å². The fourth-order valence-corrected chi connectivity index (χ4v) is 3.29. The van der Waals surface area contributed by atoms with E-state index in [-0.39, 0.29) is 24.1 Å². The largest absolute Gasteiger partial charge is 0.462 e. The first-order valence-electron chi connectivity index (χ1n) is 9.65. The van der Waals surface area contributed by atoms with Crippen LogP contribution in [0.1, 0.15) is 87.0 Å². The van der Waals surface area contributed by atoms with Crippen LogP contribution in [0, 0.1) is 11.3 Å². The molecular weight excluding hydrogens is 312 g/mol. The third-order valence-corrected chi connectivity index (χ3v) is 4.66. The lowest BCUT2D eigenvalue weighted by Crippen LogP contribution is -2.37. The van der Waals surface area contributed by atoms with Gasteiger partial charge >= 0.3 is 5.97 Å². The fraction of sp³-hybridized carbons (Fsp3) is 0.773. The maximum absolute atomic E-state index is 11.0. The molecule has 0 spiro atoms. The number of allylic oxidation sites excluding steroid dienone is 3. The van der Waals surface area contributed by atoms with Crippen molar-refractivity contribution in [1.82, 2.24) is 0 Å². The molecule has 0 saturated heterocycles. The zero-order chi connectivity index (χ0) is 19.5. The Labute approximate surface area is 155 Å². The molecule has 25 heavy (non-hydrogen) atoms. The number of carbonyl (C=O) groups is 1. The van der Waals surface area contributed by atoms with E-state index in [9.17, 15) is 4.79 Å². The lowest BCUT2D eigenvalue weighted by Gasteiger charge is -2.39. The Kier molecular flexibility index (Phi) is 11.8. The van der Waals surface area contributed by atoms with Crippen LogP contribution in [-0.2, 0) is 9.53 Å². The summed E-state index contributed by atoms with van der Waals surface area (Å²) in [6, 6.07) is 0. The van der Waals surface area contributed by atoms with E-state index in [1.54, 1.807) is 0 Å². The van der Waals surface area contributed by atoms with Crippen LogP contribution in [0.3, 0.4) is 0 Å². The molecule has 0 amide bonds. The minimum absolute atomic E-state index is 0.133. The van der Waals surface area contributed by atoms with Gasteiger partial charge in [0.2, 0.25) is 0 Å². The summed E-state index contributed by atoms with van der Waals surface area (Å²) in [5.74, 6) is 0.395. The molecule has 0 aromatic heterocycles. The van der Waals surface area contributed by atoms with Gasteiger partial charge in [0.1, 0.15) is 6.10 Å². The van der Waals surface area contributed by atoms with Gasteiger partial charge in [-0.25, -0.2) is 0 Å². The maximum Gasteiger partial charge on any atom is 0.302 e. The van der Waals surface area contributed by atoms with Crippen molar-refractivity contribution in [3.05, 3.63) is 23.3 Å². The van der Waals surface area contributed by atoms with Crippen molar-refractivity contribution in [1.29, 1.82) is 0 Å². The quantitative estimate of drug-likeness (QED) is 0.500. The molecule has 0 heterocycles. The first-order valence-corrected chi connectivity index (χ1v) is 9.65. The summed E-state index contributed by atoms with van der Waals surface area (Å²) < 4.78 is 5.39. The highest BCUT2D eigenvalue weighted by Gasteiger charge is 2.35. The Balaban J connectivity index is 0.000000477. The molecule has 0 aromatic carbocycles. The van der Waals surface area contributed by atoms with Crippen LogP contribution in [0.2, 0.25) is 0 Å². The number of hydrogen-bond donors (Lipinski definition) is 1. The van der Waals surface area contributed by atoms with E-state index in [2.05, 4.69) is 47.6 Å². The predicted molar refractivity (Wildman–Crippen MR) is 106 cm³/mol. The van der Waals surface area contributed by atoms with E-state index in [4.69, 9.17) is 9.84 Å². The number of hydrogen-bond acceptors (Lipinski definition) is 3. The number of aliphatic hydroxyl groups is 1. The van der Waals surface area contributed by atoms with Gasteiger partial charge in [0.25, 0.3) is 0 Å². The summed E-state index contributed by atoms with van der Waals surface area (Å²) in [5.41, 5.74) is 2.88. The molecule has 2 atom stereocenters. The van der Waals surface area contributed by atoms with Gasteiger partial charge in [-0.3, -0.25) is 4.79 Å². The molecule has 1 aliphatic rings. The molecule has 3 nitrogen and oxygen atoms in total. The molecule has 0 aliphatic heterocycles. The SMILES string of the molecule is CC(=O)OC1CCCCC1C(C)(C)C.CC(C)=CCC/C(C)=C/CO. The Bertz CT molecular complexity index is 437. The Hall–Kier alpha value is -1.09. The molecule has 1 saturated carbocycles. The van der Waals surface area contributed by atoms with Crippen molar-refractivity contribution in [2.24, 2.45) is 11.3 Å². The summed E-state index contributed by atoms with van der Waals surface area (Å²) >= 11 is 0. The predicted octanol–water partition coefficient (Wildman–Crippen LogP) is 5.83. The smallest absolute Gasteiger partial charge is 0.302 e. The van der Waals surface area contributed by atoms with Crippen LogP contribution in [-0.4, -0.2) is 23.8 Å². The molecule has 2 unspecified atom stereocenters. The molecule has 3 heteroatoms. The summed E-state index contributed by atoms with van der Waals surface area (Å²) in [6.07, 6.45) is 11.1. The minimum Gasteiger partial charge on any atom is -0.462 e. The van der Waals surface area contributed by atoms with E-state index in [0.717, 1.165) is 19.3 Å². The second-order valence-electron chi connectivity index (χ2n) is 8.46. The second kappa shape index (κ2) is 12.3. The van der Waals surface area contributed by atoms with E-state index >= 15 is 0 Å². The molecule has 1 fully saturated rings. The highest BCUT2D eigenvalue weighted by Crippen LogP contribution is 2.39. The first-order chi connectivity index (χ1) is 11.6. The second-order valence-corrected chi connectivity index (χ2v) is 8.46. The van der Waals surface area contributed by atoms with Gasteiger partial charge in [-0.05, 0) is 58.3 Å². The highest BCUT2D eigenvalue weighted by molar-refractivity contribution is 5.66. The Morgan fingerprint density at radius 3 is 2.16 bits per heavy atom. The molecule has 0 radical (unpaired) electrons. The minimum atomic E-state index is -0.133. The monoisotopic (exact) mass is 352 g/mol.